The Bertz CT molecular complexity index is 1590. The van der Waals surface area contributed by atoms with Crippen molar-refractivity contribution >= 4 is 11.5 Å². The average Bonchev–Trinajstić information content (AvgIpc) is 3.46. The lowest BCUT2D eigenvalue weighted by Gasteiger charge is -2.32. The molecule has 3 aromatic rings. The average molecular weight is 636 g/mol. The van der Waals surface area contributed by atoms with Gasteiger partial charge in [0.25, 0.3) is 0 Å². The molecular weight excluding hydrogens is 604 g/mol. The first-order valence-corrected chi connectivity index (χ1v) is 14.6. The molecule has 0 spiro atoms. The number of alkyl halides is 6. The summed E-state index contributed by atoms with van der Waals surface area (Å²) in [5.74, 6) is -0.905. The summed E-state index contributed by atoms with van der Waals surface area (Å²) in [4.78, 5) is 28.3. The fraction of sp³-hybridized carbons (Fsp3) is 0.452. The quantitative estimate of drug-likeness (QED) is 0.187. The van der Waals surface area contributed by atoms with Crippen LogP contribution in [0.15, 0.2) is 53.3 Å². The molecule has 45 heavy (non-hydrogen) atoms. The summed E-state index contributed by atoms with van der Waals surface area (Å²) in [7, 11) is 0. The number of carbonyl (C=O) groups is 1. The van der Waals surface area contributed by atoms with Crippen molar-refractivity contribution < 1.29 is 35.9 Å². The number of amides is 1. The van der Waals surface area contributed by atoms with Crippen molar-refractivity contribution in [2.45, 2.75) is 63.7 Å². The van der Waals surface area contributed by atoms with Gasteiger partial charge < -0.3 is 4.74 Å². The minimum atomic E-state index is -5.00. The Kier molecular flexibility index (Phi) is 9.42. The summed E-state index contributed by atoms with van der Waals surface area (Å²) in [5, 5.41) is 5.81. The number of likely N-dealkylation sites (tertiary alicyclic amines) is 1. The van der Waals surface area contributed by atoms with Crippen LogP contribution in [0.25, 0.3) is 11.4 Å². The summed E-state index contributed by atoms with van der Waals surface area (Å²) in [6.45, 7) is 2.06. The summed E-state index contributed by atoms with van der Waals surface area (Å²) < 4.78 is 86.6. The Balaban J connectivity index is 1.33. The molecule has 0 unspecified atom stereocenters. The number of carbonyl (C=O) groups excluding carboxylic acids is 1. The minimum absolute atomic E-state index is 0.168. The molecule has 0 bridgehead atoms. The fourth-order valence-electron chi connectivity index (χ4n) is 6.08. The van der Waals surface area contributed by atoms with Gasteiger partial charge in [-0.15, -0.1) is 4.91 Å². The van der Waals surface area contributed by atoms with E-state index in [0.29, 0.717) is 61.1 Å². The van der Waals surface area contributed by atoms with Crippen LogP contribution in [0.2, 0.25) is 0 Å². The van der Waals surface area contributed by atoms with Gasteiger partial charge >= 0.3 is 18.3 Å². The molecule has 1 amide bonds. The number of nitroso groups, excluding NO2 is 1. The van der Waals surface area contributed by atoms with Crippen LogP contribution < -0.4 is 4.74 Å². The number of rotatable bonds is 8. The second-order valence-electron chi connectivity index (χ2n) is 11.4. The van der Waals surface area contributed by atoms with Gasteiger partial charge in [-0.1, -0.05) is 18.2 Å². The summed E-state index contributed by atoms with van der Waals surface area (Å²) in [5.41, 5.74) is 1.86. The fourth-order valence-corrected chi connectivity index (χ4v) is 6.08. The molecule has 0 N–H and O–H groups in total. The lowest BCUT2D eigenvalue weighted by molar-refractivity contribution is -0.148. The predicted octanol–water partition coefficient (Wildman–Crippen LogP) is 7.65. The highest BCUT2D eigenvalue weighted by molar-refractivity contribution is 5.96. The van der Waals surface area contributed by atoms with E-state index in [4.69, 9.17) is 4.74 Å². The first-order chi connectivity index (χ1) is 21.3. The van der Waals surface area contributed by atoms with E-state index >= 15 is 0 Å². The Labute approximate surface area is 255 Å². The molecule has 2 aromatic heterocycles. The van der Waals surface area contributed by atoms with Crippen molar-refractivity contribution in [2.24, 2.45) is 5.18 Å². The third-order valence-electron chi connectivity index (χ3n) is 8.26. The Morgan fingerprint density at radius 2 is 1.78 bits per heavy atom. The van der Waals surface area contributed by atoms with E-state index in [9.17, 15) is 36.0 Å². The molecule has 1 saturated heterocycles. The summed E-state index contributed by atoms with van der Waals surface area (Å²) in [6, 6.07) is 10.4. The SMILES string of the molecule is Cc1cc(C2CCN(CC(F)(F)F)CC2)ccc1OCC1=C(c2cccc(-n3ncc(C(=O)N=O)c3C(F)(F)F)n2)CCCC1. The highest BCUT2D eigenvalue weighted by Crippen LogP contribution is 2.37. The van der Waals surface area contributed by atoms with Crippen molar-refractivity contribution in [1.29, 1.82) is 0 Å². The first-order valence-electron chi connectivity index (χ1n) is 14.6. The van der Waals surface area contributed by atoms with Crippen molar-refractivity contribution in [3.63, 3.8) is 0 Å². The minimum Gasteiger partial charge on any atom is -0.489 e. The number of ether oxygens (including phenoxy) is 1. The normalized spacial score (nSPS) is 17.0. The second-order valence-corrected chi connectivity index (χ2v) is 11.4. The maximum Gasteiger partial charge on any atom is 0.434 e. The number of hydrogen-bond acceptors (Lipinski definition) is 6. The van der Waals surface area contributed by atoms with E-state index in [1.807, 2.05) is 25.1 Å². The van der Waals surface area contributed by atoms with Crippen molar-refractivity contribution in [3.8, 4) is 11.6 Å². The molecule has 3 heterocycles. The van der Waals surface area contributed by atoms with Gasteiger partial charge in [0, 0.05) is 5.18 Å². The molecule has 1 aliphatic heterocycles. The van der Waals surface area contributed by atoms with Crippen LogP contribution in [0.5, 0.6) is 5.75 Å². The zero-order chi connectivity index (χ0) is 32.4. The van der Waals surface area contributed by atoms with Gasteiger partial charge in [-0.05, 0) is 105 Å². The number of benzene rings is 1. The molecule has 2 aliphatic rings. The van der Waals surface area contributed by atoms with Gasteiger partial charge in [0.15, 0.2) is 11.5 Å². The van der Waals surface area contributed by atoms with Gasteiger partial charge in [-0.2, -0.15) is 31.4 Å². The standard InChI is InChI=1S/C31H31F6N5O3/c1-19-15-21(20-11-13-41(14-12-20)18-30(32,33)34)9-10-26(19)45-17-22-5-2-3-6-23(22)25-7-4-8-27(39-25)42-28(31(35,36)37)24(16-38-42)29(43)40-44/h4,7-10,15-16,20H,2-3,5-6,11-14,17-18H2,1H3. The summed E-state index contributed by atoms with van der Waals surface area (Å²) >= 11 is 0. The molecule has 240 valence electrons. The maximum atomic E-state index is 13.9. The number of pyridine rings is 1. The van der Waals surface area contributed by atoms with Crippen LogP contribution in [0, 0.1) is 11.8 Å². The number of nitrogens with zero attached hydrogens (tertiary/aromatic N) is 5. The summed E-state index contributed by atoms with van der Waals surface area (Å²) in [6.07, 6.45) is -4.12. The van der Waals surface area contributed by atoms with E-state index in [1.165, 1.54) is 11.0 Å². The van der Waals surface area contributed by atoms with Gasteiger partial charge in [0.2, 0.25) is 0 Å². The number of aromatic nitrogens is 3. The van der Waals surface area contributed by atoms with E-state index in [0.717, 1.165) is 35.1 Å². The highest BCUT2D eigenvalue weighted by atomic mass is 19.4. The number of hydrogen-bond donors (Lipinski definition) is 0. The topological polar surface area (TPSA) is 89.7 Å². The van der Waals surface area contributed by atoms with Crippen LogP contribution in [-0.4, -0.2) is 58.0 Å². The zero-order valence-corrected chi connectivity index (χ0v) is 24.4. The van der Waals surface area contributed by atoms with Crippen LogP contribution in [0.1, 0.15) is 77.3 Å². The third kappa shape index (κ3) is 7.60. The monoisotopic (exact) mass is 635 g/mol. The van der Waals surface area contributed by atoms with E-state index in [2.05, 4.69) is 15.3 Å². The Morgan fingerprint density at radius 1 is 1.04 bits per heavy atom. The lowest BCUT2D eigenvalue weighted by Crippen LogP contribution is -2.39. The van der Waals surface area contributed by atoms with Crippen molar-refractivity contribution in [3.05, 3.63) is 81.2 Å². The van der Waals surface area contributed by atoms with Crippen molar-refractivity contribution in [1.82, 2.24) is 19.7 Å². The highest BCUT2D eigenvalue weighted by Gasteiger charge is 2.41. The van der Waals surface area contributed by atoms with E-state index in [1.54, 1.807) is 12.1 Å². The Hall–Kier alpha value is -4.07. The molecule has 14 heteroatoms. The number of halogens is 6. The van der Waals surface area contributed by atoms with Crippen LogP contribution in [0.4, 0.5) is 26.3 Å². The molecule has 0 atom stereocenters. The molecule has 8 nitrogen and oxygen atoms in total. The van der Waals surface area contributed by atoms with Gasteiger partial charge in [-0.3, -0.25) is 9.69 Å². The second kappa shape index (κ2) is 13.1. The van der Waals surface area contributed by atoms with Crippen molar-refractivity contribution in [2.75, 3.05) is 26.2 Å². The van der Waals surface area contributed by atoms with Gasteiger partial charge in [0.05, 0.1) is 24.0 Å². The maximum absolute atomic E-state index is 13.9. The molecule has 1 fully saturated rings. The molecule has 1 aliphatic carbocycles. The molecular formula is C31H31F6N5O3. The lowest BCUT2D eigenvalue weighted by atomic mass is 9.88. The smallest absolute Gasteiger partial charge is 0.434 e. The number of aryl methyl sites for hydroxylation is 1. The van der Waals surface area contributed by atoms with Crippen LogP contribution in [-0.2, 0) is 6.18 Å². The van der Waals surface area contributed by atoms with E-state index in [-0.39, 0.29) is 18.3 Å². The van der Waals surface area contributed by atoms with Crippen LogP contribution in [0.3, 0.4) is 0 Å². The third-order valence-corrected chi connectivity index (χ3v) is 8.26. The predicted molar refractivity (Wildman–Crippen MR) is 153 cm³/mol. The van der Waals surface area contributed by atoms with Gasteiger partial charge in [0.1, 0.15) is 12.4 Å². The van der Waals surface area contributed by atoms with E-state index < -0.39 is 36.1 Å². The zero-order valence-electron chi connectivity index (χ0n) is 24.4. The number of piperidine rings is 1. The van der Waals surface area contributed by atoms with Gasteiger partial charge in [-0.25, -0.2) is 9.67 Å². The molecule has 0 radical (unpaired) electrons. The van der Waals surface area contributed by atoms with Crippen LogP contribution >= 0.6 is 0 Å². The molecule has 0 saturated carbocycles. The number of allylic oxidation sites excluding steroid dienone is 1. The molecule has 1 aromatic carbocycles. The largest absolute Gasteiger partial charge is 0.489 e. The molecule has 5 rings (SSSR count). The Morgan fingerprint density at radius 3 is 2.44 bits per heavy atom. The first kappa shape index (κ1) is 32.3.